The number of halogens is 3. The van der Waals surface area contributed by atoms with Crippen LogP contribution >= 0.6 is 27.5 Å². The van der Waals surface area contributed by atoms with Crippen LogP contribution in [0.5, 0.6) is 0 Å². The fraction of sp³-hybridized carbons (Fsp3) is 0.0909. The minimum atomic E-state index is -0.635. The molecule has 84 valence electrons. The van der Waals surface area contributed by atoms with E-state index in [1.807, 2.05) is 0 Å². The van der Waals surface area contributed by atoms with Crippen molar-refractivity contribution in [1.29, 1.82) is 0 Å². The Morgan fingerprint density at radius 3 is 2.69 bits per heavy atom. The van der Waals surface area contributed by atoms with Gasteiger partial charge in [-0.15, -0.1) is 0 Å². The van der Waals surface area contributed by atoms with Crippen molar-refractivity contribution in [2.45, 2.75) is 6.04 Å². The van der Waals surface area contributed by atoms with Crippen LogP contribution in [0.3, 0.4) is 0 Å². The normalized spacial score (nSPS) is 12.8. The summed E-state index contributed by atoms with van der Waals surface area (Å²) in [6.45, 7) is 0. The summed E-state index contributed by atoms with van der Waals surface area (Å²) in [6, 6.07) is 5.95. The van der Waals surface area contributed by atoms with Crippen LogP contribution in [0.1, 0.15) is 17.2 Å². The molecule has 2 aromatic rings. The first kappa shape index (κ1) is 11.6. The molecule has 16 heavy (non-hydrogen) atoms. The second-order valence-electron chi connectivity index (χ2n) is 3.27. The molecule has 1 heterocycles. The van der Waals surface area contributed by atoms with Gasteiger partial charge >= 0.3 is 0 Å². The van der Waals surface area contributed by atoms with Crippen LogP contribution in [-0.2, 0) is 0 Å². The van der Waals surface area contributed by atoms with Gasteiger partial charge < -0.3 is 10.2 Å². The molecule has 0 aliphatic rings. The third kappa shape index (κ3) is 2.00. The average molecular weight is 305 g/mol. The Morgan fingerprint density at radius 1 is 1.31 bits per heavy atom. The van der Waals surface area contributed by atoms with E-state index >= 15 is 0 Å². The zero-order chi connectivity index (χ0) is 11.7. The molecule has 0 spiro atoms. The molecule has 1 aromatic carbocycles. The summed E-state index contributed by atoms with van der Waals surface area (Å²) in [4.78, 5) is 0. The van der Waals surface area contributed by atoms with Gasteiger partial charge in [-0.3, -0.25) is 0 Å². The zero-order valence-corrected chi connectivity index (χ0v) is 10.4. The minimum absolute atomic E-state index is 0.187. The monoisotopic (exact) mass is 303 g/mol. The van der Waals surface area contributed by atoms with Crippen molar-refractivity contribution in [2.24, 2.45) is 5.73 Å². The third-order valence-electron chi connectivity index (χ3n) is 2.30. The van der Waals surface area contributed by atoms with Gasteiger partial charge in [0.2, 0.25) is 0 Å². The Hall–Kier alpha value is -0.840. The number of hydrogen-bond donors (Lipinski definition) is 1. The molecule has 0 aliphatic carbocycles. The van der Waals surface area contributed by atoms with Crippen molar-refractivity contribution >= 4 is 27.5 Å². The van der Waals surface area contributed by atoms with E-state index in [0.29, 0.717) is 15.6 Å². The summed E-state index contributed by atoms with van der Waals surface area (Å²) in [7, 11) is 0. The van der Waals surface area contributed by atoms with Crippen LogP contribution in [0.25, 0.3) is 0 Å². The minimum Gasteiger partial charge on any atom is -0.453 e. The second-order valence-corrected chi connectivity index (χ2v) is 4.47. The standard InChI is InChI=1S/C11H8BrClFNO/c12-8-3-1-2-6(9(8)14)10(15)7-4-5-16-11(7)13/h1-5,10H,15H2. The van der Waals surface area contributed by atoms with Crippen molar-refractivity contribution in [3.63, 3.8) is 0 Å². The molecule has 2 rings (SSSR count). The number of hydrogen-bond acceptors (Lipinski definition) is 2. The van der Waals surface area contributed by atoms with Crippen molar-refractivity contribution < 1.29 is 8.81 Å². The maximum absolute atomic E-state index is 13.8. The van der Waals surface area contributed by atoms with Gasteiger partial charge in [-0.05, 0) is 39.7 Å². The quantitative estimate of drug-likeness (QED) is 0.914. The first-order chi connectivity index (χ1) is 7.61. The second kappa shape index (κ2) is 4.57. The molecule has 5 heteroatoms. The highest BCUT2D eigenvalue weighted by molar-refractivity contribution is 9.10. The smallest absolute Gasteiger partial charge is 0.198 e. The molecule has 0 amide bonds. The Morgan fingerprint density at radius 2 is 2.06 bits per heavy atom. The van der Waals surface area contributed by atoms with Crippen LogP contribution in [0, 0.1) is 5.82 Å². The third-order valence-corrected chi connectivity index (χ3v) is 3.22. The van der Waals surface area contributed by atoms with E-state index in [9.17, 15) is 4.39 Å². The summed E-state index contributed by atoms with van der Waals surface area (Å²) in [5, 5.41) is 0.187. The first-order valence-corrected chi connectivity index (χ1v) is 5.70. The maximum atomic E-state index is 13.8. The van der Waals surface area contributed by atoms with Crippen LogP contribution in [0.4, 0.5) is 4.39 Å². The Labute approximate surface area is 105 Å². The lowest BCUT2D eigenvalue weighted by Gasteiger charge is -2.12. The van der Waals surface area contributed by atoms with E-state index in [2.05, 4.69) is 15.9 Å². The topological polar surface area (TPSA) is 39.2 Å². The van der Waals surface area contributed by atoms with Gasteiger partial charge in [-0.2, -0.15) is 0 Å². The predicted octanol–water partition coefficient (Wildman–Crippen LogP) is 3.88. The van der Waals surface area contributed by atoms with Gasteiger partial charge in [-0.1, -0.05) is 12.1 Å². The fourth-order valence-electron chi connectivity index (χ4n) is 1.45. The molecule has 0 saturated heterocycles. The van der Waals surface area contributed by atoms with Crippen molar-refractivity contribution in [1.82, 2.24) is 0 Å². The summed E-state index contributed by atoms with van der Waals surface area (Å²) in [5.74, 6) is -0.382. The van der Waals surface area contributed by atoms with Gasteiger partial charge in [0.15, 0.2) is 5.22 Å². The highest BCUT2D eigenvalue weighted by Gasteiger charge is 2.19. The molecule has 1 aromatic heterocycles. The molecule has 2 N–H and O–H groups in total. The van der Waals surface area contributed by atoms with Crippen LogP contribution in [-0.4, -0.2) is 0 Å². The fourth-order valence-corrected chi connectivity index (χ4v) is 2.07. The van der Waals surface area contributed by atoms with Crippen LogP contribution in [0.2, 0.25) is 5.22 Å². The number of nitrogens with two attached hydrogens (primary N) is 1. The summed E-state index contributed by atoms with van der Waals surface area (Å²) < 4.78 is 19.1. The zero-order valence-electron chi connectivity index (χ0n) is 8.08. The maximum Gasteiger partial charge on any atom is 0.198 e. The predicted molar refractivity (Wildman–Crippen MR) is 63.8 cm³/mol. The van der Waals surface area contributed by atoms with Crippen molar-refractivity contribution in [2.75, 3.05) is 0 Å². The molecule has 0 fully saturated rings. The Balaban J connectivity index is 2.46. The van der Waals surface area contributed by atoms with E-state index < -0.39 is 6.04 Å². The molecule has 0 radical (unpaired) electrons. The lowest BCUT2D eigenvalue weighted by molar-refractivity contribution is 0.560. The SMILES string of the molecule is NC(c1ccoc1Cl)c1cccc(Br)c1F. The van der Waals surface area contributed by atoms with Crippen molar-refractivity contribution in [3.05, 3.63) is 57.2 Å². The molecule has 1 unspecified atom stereocenters. The number of rotatable bonds is 2. The largest absolute Gasteiger partial charge is 0.453 e. The Bertz CT molecular complexity index is 514. The molecular formula is C11H8BrClFNO. The van der Waals surface area contributed by atoms with E-state index in [-0.39, 0.29) is 11.0 Å². The van der Waals surface area contributed by atoms with Gasteiger partial charge in [0.25, 0.3) is 0 Å². The van der Waals surface area contributed by atoms with Gasteiger partial charge in [-0.25, -0.2) is 4.39 Å². The average Bonchev–Trinajstić information content (AvgIpc) is 2.68. The van der Waals surface area contributed by atoms with Gasteiger partial charge in [0.1, 0.15) is 5.82 Å². The summed E-state index contributed by atoms with van der Waals surface area (Å²) in [6.07, 6.45) is 1.42. The number of benzene rings is 1. The highest BCUT2D eigenvalue weighted by Crippen LogP contribution is 2.30. The molecule has 0 aliphatic heterocycles. The van der Waals surface area contributed by atoms with E-state index in [1.165, 1.54) is 6.26 Å². The molecular weight excluding hydrogens is 296 g/mol. The summed E-state index contributed by atoms with van der Waals surface area (Å²) in [5.41, 5.74) is 6.87. The van der Waals surface area contributed by atoms with Crippen molar-refractivity contribution in [3.8, 4) is 0 Å². The lowest BCUT2D eigenvalue weighted by atomic mass is 10.0. The van der Waals surface area contributed by atoms with E-state index in [0.717, 1.165) is 0 Å². The summed E-state index contributed by atoms with van der Waals surface area (Å²) >= 11 is 8.91. The molecule has 2 nitrogen and oxygen atoms in total. The van der Waals surface area contributed by atoms with Crippen LogP contribution in [0.15, 0.2) is 39.4 Å². The van der Waals surface area contributed by atoms with E-state index in [4.69, 9.17) is 21.8 Å². The Kier molecular flexibility index (Phi) is 3.33. The molecule has 1 atom stereocenters. The lowest BCUT2D eigenvalue weighted by Crippen LogP contribution is -2.13. The number of furan rings is 1. The molecule has 0 bridgehead atoms. The van der Waals surface area contributed by atoms with Crippen LogP contribution < -0.4 is 5.73 Å². The van der Waals surface area contributed by atoms with Gasteiger partial charge in [0, 0.05) is 11.1 Å². The first-order valence-electron chi connectivity index (χ1n) is 4.53. The molecule has 0 saturated carbocycles. The van der Waals surface area contributed by atoms with Gasteiger partial charge in [0.05, 0.1) is 16.8 Å². The van der Waals surface area contributed by atoms with E-state index in [1.54, 1.807) is 24.3 Å². The highest BCUT2D eigenvalue weighted by atomic mass is 79.9.